The van der Waals surface area contributed by atoms with Crippen molar-refractivity contribution in [2.45, 2.75) is 32.2 Å². The first-order chi connectivity index (χ1) is 10.5. The summed E-state index contributed by atoms with van der Waals surface area (Å²) in [5, 5.41) is 21.0. The molecule has 0 radical (unpaired) electrons. The number of rotatable bonds is 6. The Labute approximate surface area is 128 Å². The lowest BCUT2D eigenvalue weighted by molar-refractivity contribution is -0.385. The van der Waals surface area contributed by atoms with Crippen LogP contribution in [0.1, 0.15) is 31.4 Å². The molecular formula is C15H19NO6. The van der Waals surface area contributed by atoms with E-state index in [1.807, 2.05) is 0 Å². The molecule has 0 bridgehead atoms. The highest BCUT2D eigenvalue weighted by atomic mass is 16.7. The zero-order chi connectivity index (χ0) is 16.1. The average Bonchev–Trinajstić information content (AvgIpc) is 2.54. The molecule has 1 aliphatic rings. The van der Waals surface area contributed by atoms with Gasteiger partial charge in [-0.2, -0.15) is 0 Å². The Morgan fingerprint density at radius 2 is 2.14 bits per heavy atom. The number of ether oxygens (including phenoxy) is 2. The van der Waals surface area contributed by atoms with E-state index in [9.17, 15) is 20.0 Å². The van der Waals surface area contributed by atoms with Crippen molar-refractivity contribution in [1.29, 1.82) is 0 Å². The Morgan fingerprint density at radius 1 is 1.45 bits per heavy atom. The third-order valence-corrected chi connectivity index (χ3v) is 3.67. The number of non-ortho nitro benzene ring substituents is 1. The maximum absolute atomic E-state index is 12.2. The predicted octanol–water partition coefficient (Wildman–Crippen LogP) is 1.99. The molecule has 0 amide bonds. The minimum absolute atomic E-state index is 0.0627. The lowest BCUT2D eigenvalue weighted by atomic mass is 9.92. The van der Waals surface area contributed by atoms with Crippen LogP contribution in [0.15, 0.2) is 24.3 Å². The third kappa shape index (κ3) is 4.09. The monoisotopic (exact) mass is 309 g/mol. The second kappa shape index (κ2) is 7.44. The summed E-state index contributed by atoms with van der Waals surface area (Å²) in [5.41, 5.74) is 0.232. The Hall–Kier alpha value is -1.83. The standard InChI is InChI=1S/C15H19NO6/c1-10(13(17)9-14-21-6-3-7-22-14)15(18)11-4-2-5-12(8-11)16(19)20/h2,4-5,8,10,14-15,18H,3,6-7,9H2,1H3/t10-,15+/m1/s1. The van der Waals surface area contributed by atoms with Crippen LogP contribution in [-0.4, -0.2) is 35.3 Å². The van der Waals surface area contributed by atoms with Crippen LogP contribution in [0.5, 0.6) is 0 Å². The molecule has 1 aromatic carbocycles. The molecule has 0 unspecified atom stereocenters. The minimum atomic E-state index is -1.10. The number of carbonyl (C=O) groups is 1. The average molecular weight is 309 g/mol. The fraction of sp³-hybridized carbons (Fsp3) is 0.533. The third-order valence-electron chi connectivity index (χ3n) is 3.67. The minimum Gasteiger partial charge on any atom is -0.388 e. The van der Waals surface area contributed by atoms with Crippen molar-refractivity contribution < 1.29 is 24.3 Å². The van der Waals surface area contributed by atoms with E-state index in [1.54, 1.807) is 13.0 Å². The molecule has 1 saturated heterocycles. The van der Waals surface area contributed by atoms with E-state index in [0.29, 0.717) is 18.8 Å². The van der Waals surface area contributed by atoms with Gasteiger partial charge in [0.15, 0.2) is 6.29 Å². The highest BCUT2D eigenvalue weighted by molar-refractivity contribution is 5.81. The molecule has 0 saturated carbocycles. The zero-order valence-corrected chi connectivity index (χ0v) is 12.3. The highest BCUT2D eigenvalue weighted by Gasteiger charge is 2.28. The maximum atomic E-state index is 12.2. The fourth-order valence-corrected chi connectivity index (χ4v) is 2.29. The second-order valence-electron chi connectivity index (χ2n) is 5.28. The first-order valence-corrected chi connectivity index (χ1v) is 7.17. The van der Waals surface area contributed by atoms with E-state index in [-0.39, 0.29) is 17.9 Å². The van der Waals surface area contributed by atoms with Gasteiger partial charge in [0.2, 0.25) is 0 Å². The van der Waals surface area contributed by atoms with Crippen molar-refractivity contribution in [3.63, 3.8) is 0 Å². The van der Waals surface area contributed by atoms with E-state index in [0.717, 1.165) is 6.42 Å². The number of carbonyl (C=O) groups excluding carboxylic acids is 1. The van der Waals surface area contributed by atoms with Crippen LogP contribution in [0.2, 0.25) is 0 Å². The van der Waals surface area contributed by atoms with Crippen LogP contribution in [-0.2, 0) is 14.3 Å². The molecule has 1 heterocycles. The summed E-state index contributed by atoms with van der Waals surface area (Å²) < 4.78 is 10.6. The normalized spacial score (nSPS) is 18.6. The van der Waals surface area contributed by atoms with Gasteiger partial charge >= 0.3 is 0 Å². The van der Waals surface area contributed by atoms with Crippen LogP contribution < -0.4 is 0 Å². The van der Waals surface area contributed by atoms with Crippen molar-refractivity contribution in [3.8, 4) is 0 Å². The van der Waals surface area contributed by atoms with Crippen LogP contribution in [0.25, 0.3) is 0 Å². The van der Waals surface area contributed by atoms with Gasteiger partial charge < -0.3 is 14.6 Å². The predicted molar refractivity (Wildman–Crippen MR) is 77.2 cm³/mol. The summed E-state index contributed by atoms with van der Waals surface area (Å²) in [5.74, 6) is -0.901. The smallest absolute Gasteiger partial charge is 0.269 e. The van der Waals surface area contributed by atoms with Crippen LogP contribution in [0.3, 0.4) is 0 Å². The summed E-state index contributed by atoms with van der Waals surface area (Å²) in [6, 6.07) is 5.67. The molecule has 7 heteroatoms. The summed E-state index contributed by atoms with van der Waals surface area (Å²) in [7, 11) is 0. The molecule has 2 rings (SSSR count). The molecule has 0 aliphatic carbocycles. The number of benzene rings is 1. The first-order valence-electron chi connectivity index (χ1n) is 7.17. The van der Waals surface area contributed by atoms with Crippen molar-refractivity contribution in [2.24, 2.45) is 5.92 Å². The topological polar surface area (TPSA) is 98.9 Å². The van der Waals surface area contributed by atoms with E-state index >= 15 is 0 Å². The van der Waals surface area contributed by atoms with Gasteiger partial charge in [-0.3, -0.25) is 14.9 Å². The number of nitro groups is 1. The summed E-state index contributed by atoms with van der Waals surface area (Å²) in [4.78, 5) is 22.4. The van der Waals surface area contributed by atoms with E-state index in [2.05, 4.69) is 0 Å². The van der Waals surface area contributed by atoms with E-state index in [4.69, 9.17) is 9.47 Å². The fourth-order valence-electron chi connectivity index (χ4n) is 2.29. The molecule has 7 nitrogen and oxygen atoms in total. The van der Waals surface area contributed by atoms with Crippen molar-refractivity contribution >= 4 is 11.5 Å². The number of nitrogens with zero attached hydrogens (tertiary/aromatic N) is 1. The summed E-state index contributed by atoms with van der Waals surface area (Å²) >= 11 is 0. The largest absolute Gasteiger partial charge is 0.388 e. The Kier molecular flexibility index (Phi) is 5.59. The van der Waals surface area contributed by atoms with Crippen LogP contribution in [0.4, 0.5) is 5.69 Å². The number of ketones is 1. The van der Waals surface area contributed by atoms with Crippen molar-refractivity contribution in [1.82, 2.24) is 0 Å². The SMILES string of the molecule is C[C@H](C(=O)CC1OCCCO1)[C@H](O)c1cccc([N+](=O)[O-])c1. The molecular weight excluding hydrogens is 290 g/mol. The summed E-state index contributed by atoms with van der Waals surface area (Å²) in [6.45, 7) is 2.70. The molecule has 1 N–H and O–H groups in total. The van der Waals surface area contributed by atoms with Gasteiger partial charge in [-0.25, -0.2) is 0 Å². The lowest BCUT2D eigenvalue weighted by Gasteiger charge is -2.25. The first kappa shape index (κ1) is 16.5. The number of aliphatic hydroxyl groups excluding tert-OH is 1. The quantitative estimate of drug-likeness (QED) is 0.637. The second-order valence-corrected chi connectivity index (χ2v) is 5.28. The molecule has 1 aromatic rings. The van der Waals surface area contributed by atoms with Gasteiger partial charge in [0.05, 0.1) is 30.7 Å². The van der Waals surface area contributed by atoms with E-state index in [1.165, 1.54) is 18.2 Å². The number of hydrogen-bond donors (Lipinski definition) is 1. The van der Waals surface area contributed by atoms with Crippen LogP contribution >= 0.6 is 0 Å². The van der Waals surface area contributed by atoms with Gasteiger partial charge in [0.1, 0.15) is 5.78 Å². The number of Topliss-reactive ketones (excluding diaryl/α,β-unsaturated/α-hetero) is 1. The Morgan fingerprint density at radius 3 is 2.77 bits per heavy atom. The lowest BCUT2D eigenvalue weighted by Crippen LogP contribution is -2.30. The number of nitro benzene ring substituents is 1. The zero-order valence-electron chi connectivity index (χ0n) is 12.3. The van der Waals surface area contributed by atoms with Gasteiger partial charge in [0, 0.05) is 18.1 Å². The molecule has 1 fully saturated rings. The van der Waals surface area contributed by atoms with Gasteiger partial charge in [-0.1, -0.05) is 19.1 Å². The van der Waals surface area contributed by atoms with Gasteiger partial charge in [-0.15, -0.1) is 0 Å². The van der Waals surface area contributed by atoms with Crippen LogP contribution in [0, 0.1) is 16.0 Å². The van der Waals surface area contributed by atoms with Crippen molar-refractivity contribution in [2.75, 3.05) is 13.2 Å². The number of aliphatic hydroxyl groups is 1. The van der Waals surface area contributed by atoms with Crippen molar-refractivity contribution in [3.05, 3.63) is 39.9 Å². The molecule has 2 atom stereocenters. The molecule has 120 valence electrons. The summed E-state index contributed by atoms with van der Waals surface area (Å²) in [6.07, 6.45) is -0.805. The molecule has 22 heavy (non-hydrogen) atoms. The molecule has 0 spiro atoms. The van der Waals surface area contributed by atoms with E-state index < -0.39 is 23.2 Å². The molecule has 0 aromatic heterocycles. The highest BCUT2D eigenvalue weighted by Crippen LogP contribution is 2.27. The molecule has 1 aliphatic heterocycles. The van der Waals surface area contributed by atoms with Gasteiger partial charge in [0.25, 0.3) is 5.69 Å². The Balaban J connectivity index is 2.01. The maximum Gasteiger partial charge on any atom is 0.269 e. The Bertz CT molecular complexity index is 541. The number of hydrogen-bond acceptors (Lipinski definition) is 6. The van der Waals surface area contributed by atoms with Gasteiger partial charge in [-0.05, 0) is 12.0 Å².